The highest BCUT2D eigenvalue weighted by Gasteiger charge is 2.28. The van der Waals surface area contributed by atoms with E-state index >= 15 is 0 Å². The molecule has 14 heteroatoms. The molecule has 0 aromatic carbocycles. The van der Waals surface area contributed by atoms with E-state index in [-0.39, 0.29) is 80.0 Å². The third kappa shape index (κ3) is 20.4. The van der Waals surface area contributed by atoms with Crippen molar-refractivity contribution in [2.75, 3.05) is 20.6 Å². The van der Waals surface area contributed by atoms with Crippen LogP contribution in [0.2, 0.25) is 0 Å². The Labute approximate surface area is 279 Å². The Bertz CT molecular complexity index is 1070. The van der Waals surface area contributed by atoms with Gasteiger partial charge in [0.2, 0.25) is 23.6 Å². The number of Topliss-reactive ketones (excluding diaryl/α,β-unsaturated/α-hetero) is 4. The Morgan fingerprint density at radius 3 is 1.57 bits per heavy atom. The molecule has 0 heterocycles. The highest BCUT2D eigenvalue weighted by Crippen LogP contribution is 2.10. The lowest BCUT2D eigenvalue weighted by Gasteiger charge is -2.25. The Morgan fingerprint density at radius 2 is 1.06 bits per heavy atom. The molecule has 0 aliphatic carbocycles. The van der Waals surface area contributed by atoms with E-state index in [1.807, 2.05) is 6.92 Å². The molecule has 14 nitrogen and oxygen atoms in total. The SMILES string of the molecule is CCCC(NC)C(=O)NCCCCC(CC(C)=O)NC(=O)C(CCC(=O)NC(CCC(C)=O)C(C)=O)NC(=O)C(CCC(C)=O)NC. The maximum Gasteiger partial charge on any atom is 0.242 e. The molecule has 5 atom stereocenters. The van der Waals surface area contributed by atoms with Gasteiger partial charge in [-0.25, -0.2) is 0 Å². The molecular formula is C33H58N6O8. The van der Waals surface area contributed by atoms with Crippen molar-refractivity contribution < 1.29 is 38.4 Å². The molecule has 0 bridgehead atoms. The van der Waals surface area contributed by atoms with Crippen LogP contribution in [0.25, 0.3) is 0 Å². The zero-order chi connectivity index (χ0) is 35.9. The highest BCUT2D eigenvalue weighted by molar-refractivity contribution is 5.92. The molecule has 6 N–H and O–H groups in total. The summed E-state index contributed by atoms with van der Waals surface area (Å²) in [6.45, 7) is 7.98. The summed E-state index contributed by atoms with van der Waals surface area (Å²) in [5, 5.41) is 16.9. The fraction of sp³-hybridized carbons (Fsp3) is 0.758. The van der Waals surface area contributed by atoms with Gasteiger partial charge in [-0.05, 0) is 86.7 Å². The van der Waals surface area contributed by atoms with Crippen LogP contribution in [0.15, 0.2) is 0 Å². The van der Waals surface area contributed by atoms with Crippen molar-refractivity contribution in [3.63, 3.8) is 0 Å². The molecule has 0 fully saturated rings. The second kappa shape index (κ2) is 24.6. The lowest BCUT2D eigenvalue weighted by molar-refractivity contribution is -0.132. The first-order chi connectivity index (χ1) is 22.1. The van der Waals surface area contributed by atoms with Gasteiger partial charge in [0.1, 0.15) is 23.4 Å². The zero-order valence-corrected chi connectivity index (χ0v) is 29.3. The fourth-order valence-electron chi connectivity index (χ4n) is 4.98. The van der Waals surface area contributed by atoms with Gasteiger partial charge in [0.25, 0.3) is 0 Å². The maximum absolute atomic E-state index is 13.5. The lowest BCUT2D eigenvalue weighted by Crippen LogP contribution is -2.54. The summed E-state index contributed by atoms with van der Waals surface area (Å²) in [5.74, 6) is -2.37. The normalized spacial score (nSPS) is 14.1. The zero-order valence-electron chi connectivity index (χ0n) is 29.3. The molecule has 0 radical (unpaired) electrons. The van der Waals surface area contributed by atoms with Gasteiger partial charge in [0.15, 0.2) is 5.78 Å². The number of hydrogen-bond acceptors (Lipinski definition) is 10. The van der Waals surface area contributed by atoms with Crippen LogP contribution in [0.3, 0.4) is 0 Å². The molecule has 0 spiro atoms. The molecule has 47 heavy (non-hydrogen) atoms. The average Bonchev–Trinajstić information content (AvgIpc) is 2.99. The van der Waals surface area contributed by atoms with E-state index in [1.165, 1.54) is 27.7 Å². The molecule has 268 valence electrons. The van der Waals surface area contributed by atoms with E-state index in [1.54, 1.807) is 14.1 Å². The van der Waals surface area contributed by atoms with Crippen LogP contribution in [-0.2, 0) is 38.4 Å². The van der Waals surface area contributed by atoms with Crippen LogP contribution in [0.4, 0.5) is 0 Å². The monoisotopic (exact) mass is 666 g/mol. The Morgan fingerprint density at radius 1 is 0.532 bits per heavy atom. The molecular weight excluding hydrogens is 608 g/mol. The fourth-order valence-corrected chi connectivity index (χ4v) is 4.98. The van der Waals surface area contributed by atoms with Gasteiger partial charge >= 0.3 is 0 Å². The number of ketones is 4. The number of hydrogen-bond donors (Lipinski definition) is 6. The number of carbonyl (C=O) groups excluding carboxylic acids is 8. The van der Waals surface area contributed by atoms with Gasteiger partial charge < -0.3 is 41.5 Å². The van der Waals surface area contributed by atoms with Gasteiger partial charge in [-0.3, -0.25) is 28.8 Å². The topological polar surface area (TPSA) is 209 Å². The number of rotatable bonds is 27. The molecule has 0 rings (SSSR count). The summed E-state index contributed by atoms with van der Waals surface area (Å²) in [6, 6.07) is -3.58. The van der Waals surface area contributed by atoms with E-state index in [4.69, 9.17) is 0 Å². The molecule has 0 aromatic heterocycles. The van der Waals surface area contributed by atoms with Crippen molar-refractivity contribution in [1.82, 2.24) is 31.9 Å². The van der Waals surface area contributed by atoms with Gasteiger partial charge in [0, 0.05) is 38.3 Å². The second-order valence-electron chi connectivity index (χ2n) is 12.2. The molecule has 0 saturated heterocycles. The van der Waals surface area contributed by atoms with Crippen molar-refractivity contribution in [2.45, 2.75) is 142 Å². The standard InChI is InChI=1S/C33H58N6O8/c1-8-11-27(34-6)31(45)36-19-10-9-12-25(20-23(4)42)37-33(47)29(39-32(46)28(35-7)16-14-22(3)41)17-18-30(44)38-26(24(5)43)15-13-21(2)40/h25-29,34-35H,8-20H2,1-7H3,(H,36,45)(H,37,47)(H,38,44)(H,39,46). The first-order valence-corrected chi connectivity index (χ1v) is 16.7. The van der Waals surface area contributed by atoms with Crippen molar-refractivity contribution in [3.05, 3.63) is 0 Å². The Kier molecular flexibility index (Phi) is 22.8. The van der Waals surface area contributed by atoms with Gasteiger partial charge in [-0.1, -0.05) is 13.3 Å². The molecule has 4 amide bonds. The summed E-state index contributed by atoms with van der Waals surface area (Å²) in [7, 11) is 3.30. The van der Waals surface area contributed by atoms with Crippen LogP contribution < -0.4 is 31.9 Å². The summed E-state index contributed by atoms with van der Waals surface area (Å²) in [6.07, 6.45) is 3.65. The summed E-state index contributed by atoms with van der Waals surface area (Å²) in [5.41, 5.74) is 0. The number of amides is 4. The highest BCUT2D eigenvalue weighted by atomic mass is 16.2. The largest absolute Gasteiger partial charge is 0.355 e. The van der Waals surface area contributed by atoms with Crippen molar-refractivity contribution in [2.24, 2.45) is 0 Å². The maximum atomic E-state index is 13.5. The van der Waals surface area contributed by atoms with Gasteiger partial charge in [-0.15, -0.1) is 0 Å². The molecule has 0 aliphatic rings. The molecule has 0 aliphatic heterocycles. The van der Waals surface area contributed by atoms with Crippen LogP contribution >= 0.6 is 0 Å². The average molecular weight is 667 g/mol. The minimum atomic E-state index is -1.15. The van der Waals surface area contributed by atoms with Crippen molar-refractivity contribution >= 4 is 46.8 Å². The molecule has 0 aromatic rings. The van der Waals surface area contributed by atoms with Crippen molar-refractivity contribution in [3.8, 4) is 0 Å². The van der Waals surface area contributed by atoms with E-state index in [9.17, 15) is 38.4 Å². The third-order valence-corrected chi connectivity index (χ3v) is 7.76. The van der Waals surface area contributed by atoms with E-state index in [2.05, 4.69) is 31.9 Å². The summed E-state index contributed by atoms with van der Waals surface area (Å²) in [4.78, 5) is 98.6. The second-order valence-corrected chi connectivity index (χ2v) is 12.2. The predicted molar refractivity (Wildman–Crippen MR) is 178 cm³/mol. The van der Waals surface area contributed by atoms with Crippen LogP contribution in [-0.4, -0.2) is 97.6 Å². The first kappa shape index (κ1) is 43.5. The van der Waals surface area contributed by atoms with E-state index in [0.29, 0.717) is 25.8 Å². The summed E-state index contributed by atoms with van der Waals surface area (Å²) < 4.78 is 0. The number of carbonyl (C=O) groups is 8. The number of unbranched alkanes of at least 4 members (excludes halogenated alkanes) is 1. The van der Waals surface area contributed by atoms with Gasteiger partial charge in [0.05, 0.1) is 18.1 Å². The lowest BCUT2D eigenvalue weighted by atomic mass is 10.0. The Balaban J connectivity index is 5.59. The molecule has 0 saturated carbocycles. The Hall–Kier alpha value is -3.52. The van der Waals surface area contributed by atoms with E-state index in [0.717, 1.165) is 12.8 Å². The summed E-state index contributed by atoms with van der Waals surface area (Å²) >= 11 is 0. The minimum absolute atomic E-state index is 0.0613. The van der Waals surface area contributed by atoms with Crippen LogP contribution in [0.1, 0.15) is 112 Å². The van der Waals surface area contributed by atoms with Crippen LogP contribution in [0, 0.1) is 0 Å². The number of likely N-dealkylation sites (N-methyl/N-ethyl adjacent to an activating group) is 2. The minimum Gasteiger partial charge on any atom is -0.355 e. The molecule has 5 unspecified atom stereocenters. The smallest absolute Gasteiger partial charge is 0.242 e. The predicted octanol–water partition coefficient (Wildman–Crippen LogP) is 0.790. The first-order valence-electron chi connectivity index (χ1n) is 16.7. The van der Waals surface area contributed by atoms with E-state index < -0.39 is 41.9 Å². The van der Waals surface area contributed by atoms with Gasteiger partial charge in [-0.2, -0.15) is 0 Å². The van der Waals surface area contributed by atoms with Crippen molar-refractivity contribution in [1.29, 1.82) is 0 Å². The quantitative estimate of drug-likeness (QED) is 0.0679. The third-order valence-electron chi connectivity index (χ3n) is 7.76. The van der Waals surface area contributed by atoms with Crippen LogP contribution in [0.5, 0.6) is 0 Å². The number of nitrogens with one attached hydrogen (secondary N) is 6.